The zero-order chi connectivity index (χ0) is 16.9. The van der Waals surface area contributed by atoms with Crippen molar-refractivity contribution >= 4 is 11.8 Å². The number of hydrogen-bond acceptors (Lipinski definition) is 5. The molecule has 24 heavy (non-hydrogen) atoms. The summed E-state index contributed by atoms with van der Waals surface area (Å²) in [7, 11) is 0. The normalized spacial score (nSPS) is 13.8. The molecular weight excluding hydrogens is 314 g/mol. The molecule has 7 heteroatoms. The number of benzene rings is 1. The molecule has 0 aliphatic heterocycles. The predicted octanol–water partition coefficient (Wildman–Crippen LogP) is 3.04. The summed E-state index contributed by atoms with van der Waals surface area (Å²) in [6.45, 7) is 0.955. The third kappa shape index (κ3) is 4.61. The lowest BCUT2D eigenvalue weighted by atomic mass is 10.2. The van der Waals surface area contributed by atoms with Crippen LogP contribution in [0.5, 0.6) is 0 Å². The van der Waals surface area contributed by atoms with E-state index in [9.17, 15) is 8.78 Å². The highest BCUT2D eigenvalue weighted by atomic mass is 19.1. The van der Waals surface area contributed by atoms with Crippen molar-refractivity contribution in [3.63, 3.8) is 0 Å². The Morgan fingerprint density at radius 3 is 2.46 bits per heavy atom. The maximum atomic E-state index is 13.2. The Kier molecular flexibility index (Phi) is 5.20. The topological polar surface area (TPSA) is 70.1 Å². The van der Waals surface area contributed by atoms with E-state index in [1.54, 1.807) is 0 Å². The molecule has 1 aromatic carbocycles. The molecule has 0 saturated heterocycles. The SMILES string of the molecule is OCCCNc1nc(NCc2cc(F)cc(F)c2)cc(C2CC2)n1. The molecule has 0 amide bonds. The fraction of sp³-hybridized carbons (Fsp3) is 0.412. The van der Waals surface area contributed by atoms with Crippen LogP contribution in [-0.4, -0.2) is 28.2 Å². The first-order chi connectivity index (χ1) is 11.6. The smallest absolute Gasteiger partial charge is 0.224 e. The van der Waals surface area contributed by atoms with Crippen LogP contribution < -0.4 is 10.6 Å². The Morgan fingerprint density at radius 1 is 1.04 bits per heavy atom. The fourth-order valence-corrected chi connectivity index (χ4v) is 2.41. The van der Waals surface area contributed by atoms with E-state index >= 15 is 0 Å². The minimum absolute atomic E-state index is 0.103. The molecule has 0 spiro atoms. The lowest BCUT2D eigenvalue weighted by molar-refractivity contribution is 0.292. The number of nitrogens with one attached hydrogen (secondary N) is 2. The van der Waals surface area contributed by atoms with Gasteiger partial charge in [-0.05, 0) is 37.0 Å². The molecule has 0 bridgehead atoms. The first kappa shape index (κ1) is 16.6. The number of nitrogens with zero attached hydrogens (tertiary/aromatic N) is 2. The van der Waals surface area contributed by atoms with Crippen LogP contribution in [0.3, 0.4) is 0 Å². The van der Waals surface area contributed by atoms with Crippen molar-refractivity contribution < 1.29 is 13.9 Å². The van der Waals surface area contributed by atoms with E-state index in [1.165, 1.54) is 12.1 Å². The number of aliphatic hydroxyl groups is 1. The average Bonchev–Trinajstić information content (AvgIpc) is 3.37. The molecule has 1 aliphatic rings. The van der Waals surface area contributed by atoms with Crippen molar-refractivity contribution in [1.82, 2.24) is 9.97 Å². The van der Waals surface area contributed by atoms with Gasteiger partial charge in [0.2, 0.25) is 5.95 Å². The van der Waals surface area contributed by atoms with Crippen LogP contribution >= 0.6 is 0 Å². The maximum absolute atomic E-state index is 13.2. The molecule has 1 fully saturated rings. The molecule has 0 atom stereocenters. The van der Waals surface area contributed by atoms with Gasteiger partial charge in [0.1, 0.15) is 17.5 Å². The molecule has 0 radical (unpaired) electrons. The first-order valence-corrected chi connectivity index (χ1v) is 8.06. The third-order valence-corrected chi connectivity index (χ3v) is 3.76. The molecule has 2 aromatic rings. The number of aromatic nitrogens is 2. The molecule has 5 nitrogen and oxygen atoms in total. The van der Waals surface area contributed by atoms with Gasteiger partial charge >= 0.3 is 0 Å². The van der Waals surface area contributed by atoms with E-state index < -0.39 is 11.6 Å². The minimum Gasteiger partial charge on any atom is -0.396 e. The van der Waals surface area contributed by atoms with Crippen LogP contribution in [0.25, 0.3) is 0 Å². The summed E-state index contributed by atoms with van der Waals surface area (Å²) in [6, 6.07) is 5.31. The van der Waals surface area contributed by atoms with E-state index in [4.69, 9.17) is 5.11 Å². The fourth-order valence-electron chi connectivity index (χ4n) is 2.41. The minimum atomic E-state index is -0.598. The van der Waals surface area contributed by atoms with Crippen LogP contribution in [0.15, 0.2) is 24.3 Å². The first-order valence-electron chi connectivity index (χ1n) is 8.06. The van der Waals surface area contributed by atoms with E-state index in [-0.39, 0.29) is 13.2 Å². The highest BCUT2D eigenvalue weighted by molar-refractivity contribution is 5.44. The highest BCUT2D eigenvalue weighted by Gasteiger charge is 2.26. The predicted molar refractivity (Wildman–Crippen MR) is 87.9 cm³/mol. The van der Waals surface area contributed by atoms with E-state index in [0.717, 1.165) is 24.6 Å². The van der Waals surface area contributed by atoms with Crippen LogP contribution in [0.4, 0.5) is 20.5 Å². The summed E-state index contributed by atoms with van der Waals surface area (Å²) < 4.78 is 26.5. The quantitative estimate of drug-likeness (QED) is 0.647. The largest absolute Gasteiger partial charge is 0.396 e. The molecule has 1 heterocycles. The average molecular weight is 334 g/mol. The molecule has 1 aromatic heterocycles. The van der Waals surface area contributed by atoms with Gasteiger partial charge in [-0.2, -0.15) is 4.98 Å². The van der Waals surface area contributed by atoms with Crippen molar-refractivity contribution in [2.75, 3.05) is 23.8 Å². The van der Waals surface area contributed by atoms with Gasteiger partial charge in [-0.3, -0.25) is 0 Å². The van der Waals surface area contributed by atoms with Crippen LogP contribution in [0, 0.1) is 11.6 Å². The Bertz CT molecular complexity index is 687. The summed E-state index contributed by atoms with van der Waals surface area (Å²) in [5, 5.41) is 15.0. The third-order valence-electron chi connectivity index (χ3n) is 3.76. The van der Waals surface area contributed by atoms with Crippen LogP contribution in [-0.2, 0) is 6.54 Å². The number of anilines is 2. The van der Waals surface area contributed by atoms with Gasteiger partial charge in [-0.1, -0.05) is 0 Å². The second-order valence-electron chi connectivity index (χ2n) is 5.91. The van der Waals surface area contributed by atoms with Crippen molar-refractivity contribution in [3.8, 4) is 0 Å². The van der Waals surface area contributed by atoms with Gasteiger partial charge in [0.25, 0.3) is 0 Å². The van der Waals surface area contributed by atoms with E-state index in [1.807, 2.05) is 6.07 Å². The molecule has 0 unspecified atom stereocenters. The van der Waals surface area contributed by atoms with Gasteiger partial charge in [0, 0.05) is 37.7 Å². The molecule has 1 saturated carbocycles. The van der Waals surface area contributed by atoms with Crippen LogP contribution in [0.1, 0.15) is 36.4 Å². The zero-order valence-electron chi connectivity index (χ0n) is 13.2. The Hall–Kier alpha value is -2.28. The molecule has 3 N–H and O–H groups in total. The lowest BCUT2D eigenvalue weighted by Gasteiger charge is -2.11. The van der Waals surface area contributed by atoms with Gasteiger partial charge in [0.15, 0.2) is 0 Å². The summed E-state index contributed by atoms with van der Waals surface area (Å²) >= 11 is 0. The number of halogens is 2. The van der Waals surface area contributed by atoms with Crippen molar-refractivity contribution in [2.45, 2.75) is 31.7 Å². The maximum Gasteiger partial charge on any atom is 0.224 e. The number of rotatable bonds is 8. The Balaban J connectivity index is 1.71. The van der Waals surface area contributed by atoms with Gasteiger partial charge in [0.05, 0.1) is 5.69 Å². The number of hydrogen-bond donors (Lipinski definition) is 3. The van der Waals surface area contributed by atoms with Gasteiger partial charge < -0.3 is 15.7 Å². The van der Waals surface area contributed by atoms with Crippen LogP contribution in [0.2, 0.25) is 0 Å². The zero-order valence-corrected chi connectivity index (χ0v) is 13.2. The van der Waals surface area contributed by atoms with Gasteiger partial charge in [-0.25, -0.2) is 13.8 Å². The highest BCUT2D eigenvalue weighted by Crippen LogP contribution is 2.39. The van der Waals surface area contributed by atoms with E-state index in [0.29, 0.717) is 36.2 Å². The van der Waals surface area contributed by atoms with E-state index in [2.05, 4.69) is 20.6 Å². The number of aliphatic hydroxyl groups excluding tert-OH is 1. The molecular formula is C17H20F2N4O. The second kappa shape index (κ2) is 7.53. The standard InChI is InChI=1S/C17H20F2N4O/c18-13-6-11(7-14(19)8-13)10-21-16-9-15(12-2-3-12)22-17(23-16)20-4-1-5-24/h6-9,12,24H,1-5,10H2,(H2,20,21,22,23). The summed E-state index contributed by atoms with van der Waals surface area (Å²) in [5.74, 6) is 0.376. The Morgan fingerprint density at radius 2 is 1.79 bits per heavy atom. The molecule has 1 aliphatic carbocycles. The van der Waals surface area contributed by atoms with Crippen molar-refractivity contribution in [1.29, 1.82) is 0 Å². The summed E-state index contributed by atoms with van der Waals surface area (Å²) in [5.41, 5.74) is 1.47. The molecule has 3 rings (SSSR count). The lowest BCUT2D eigenvalue weighted by Crippen LogP contribution is -2.10. The Labute approximate surface area is 139 Å². The van der Waals surface area contributed by atoms with Gasteiger partial charge in [-0.15, -0.1) is 0 Å². The van der Waals surface area contributed by atoms with Crippen molar-refractivity contribution in [2.24, 2.45) is 0 Å². The summed E-state index contributed by atoms with van der Waals surface area (Å²) in [4.78, 5) is 8.86. The van der Waals surface area contributed by atoms with Crippen molar-refractivity contribution in [3.05, 3.63) is 47.2 Å². The summed E-state index contributed by atoms with van der Waals surface area (Å²) in [6.07, 6.45) is 2.84. The second-order valence-corrected chi connectivity index (χ2v) is 5.91. The monoisotopic (exact) mass is 334 g/mol. The molecule has 128 valence electrons.